The van der Waals surface area contributed by atoms with E-state index in [1.807, 2.05) is 24.3 Å². The number of hydrogen-bond acceptors (Lipinski definition) is 4. The van der Waals surface area contributed by atoms with Gasteiger partial charge in [-0.1, -0.05) is 30.3 Å². The van der Waals surface area contributed by atoms with Crippen LogP contribution < -0.4 is 9.21 Å². The van der Waals surface area contributed by atoms with Gasteiger partial charge in [-0.3, -0.25) is 4.90 Å². The van der Waals surface area contributed by atoms with Gasteiger partial charge in [-0.15, -0.1) is 0 Å². The molecule has 0 spiro atoms. The molecule has 0 fully saturated rings. The first-order valence-electron chi connectivity index (χ1n) is 7.54. The lowest BCUT2D eigenvalue weighted by atomic mass is 10.1. The lowest BCUT2D eigenvalue weighted by Crippen LogP contribution is -2.49. The summed E-state index contributed by atoms with van der Waals surface area (Å²) in [6.07, 6.45) is 0. The normalized spacial score (nSPS) is 16.1. The third-order valence-electron chi connectivity index (χ3n) is 4.25. The number of phenolic OH excluding ortho intramolecular Hbond substituents is 1. The largest absolute Gasteiger partial charge is 0.508 e. The van der Waals surface area contributed by atoms with Crippen LogP contribution in [0, 0.1) is 0 Å². The fraction of sp³-hybridized carbons (Fsp3) is 0.0556. The Kier molecular flexibility index (Phi) is 3.23. The first-order valence-corrected chi connectivity index (χ1v) is 8.98. The number of nitrogens with zero attached hydrogens (tertiary/aromatic N) is 2. The van der Waals surface area contributed by atoms with Crippen LogP contribution >= 0.6 is 0 Å². The van der Waals surface area contributed by atoms with Crippen LogP contribution in [0.25, 0.3) is 10.8 Å². The summed E-state index contributed by atoms with van der Waals surface area (Å²) in [5.41, 5.74) is 0.427. The molecular weight excluding hydrogens is 340 g/mol. The van der Waals surface area contributed by atoms with Gasteiger partial charge in [-0.25, -0.2) is 13.2 Å². The highest BCUT2D eigenvalue weighted by atomic mass is 32.2. The summed E-state index contributed by atoms with van der Waals surface area (Å²) in [5.74, 6) is -0.104. The summed E-state index contributed by atoms with van der Waals surface area (Å²) >= 11 is 0. The SMILES string of the molecule is CN1C(=O)N(c2ccc3ccccc3c2)S(=O)(=O)c2ccc(O)cc21. The van der Waals surface area contributed by atoms with Crippen molar-refractivity contribution in [1.82, 2.24) is 0 Å². The zero-order chi connectivity index (χ0) is 17.8. The van der Waals surface area contributed by atoms with Gasteiger partial charge in [0.05, 0.1) is 11.4 Å². The third-order valence-corrected chi connectivity index (χ3v) is 6.00. The van der Waals surface area contributed by atoms with Crippen molar-refractivity contribution >= 4 is 38.2 Å². The lowest BCUT2D eigenvalue weighted by Gasteiger charge is -2.34. The second-order valence-electron chi connectivity index (χ2n) is 5.79. The Morgan fingerprint density at radius 2 is 1.64 bits per heavy atom. The molecule has 7 heteroatoms. The highest BCUT2D eigenvalue weighted by Crippen LogP contribution is 2.38. The molecule has 0 radical (unpaired) electrons. The molecule has 3 aromatic carbocycles. The van der Waals surface area contributed by atoms with Crippen LogP contribution in [0.2, 0.25) is 0 Å². The summed E-state index contributed by atoms with van der Waals surface area (Å²) in [7, 11) is -2.60. The number of anilines is 2. The summed E-state index contributed by atoms with van der Waals surface area (Å²) in [5, 5.41) is 11.4. The van der Waals surface area contributed by atoms with Gasteiger partial charge >= 0.3 is 6.03 Å². The first kappa shape index (κ1) is 15.5. The Bertz CT molecular complexity index is 1120. The summed E-state index contributed by atoms with van der Waals surface area (Å²) in [6, 6.07) is 15.7. The van der Waals surface area contributed by atoms with Gasteiger partial charge in [0.2, 0.25) is 0 Å². The number of carbonyl (C=O) groups is 1. The molecule has 126 valence electrons. The average molecular weight is 354 g/mol. The molecule has 1 aliphatic rings. The van der Waals surface area contributed by atoms with E-state index in [4.69, 9.17) is 0 Å². The van der Waals surface area contributed by atoms with Crippen molar-refractivity contribution in [2.24, 2.45) is 0 Å². The smallest absolute Gasteiger partial charge is 0.342 e. The maximum Gasteiger partial charge on any atom is 0.342 e. The van der Waals surface area contributed by atoms with Gasteiger partial charge in [-0.05, 0) is 35.0 Å². The molecule has 25 heavy (non-hydrogen) atoms. The Balaban J connectivity index is 1.94. The molecule has 0 unspecified atom stereocenters. The number of fused-ring (bicyclic) bond motifs is 2. The van der Waals surface area contributed by atoms with Crippen LogP contribution in [-0.2, 0) is 10.0 Å². The minimum Gasteiger partial charge on any atom is -0.508 e. The van der Waals surface area contributed by atoms with Crippen LogP contribution in [0.5, 0.6) is 5.75 Å². The number of amides is 2. The maximum absolute atomic E-state index is 13.0. The summed E-state index contributed by atoms with van der Waals surface area (Å²) < 4.78 is 26.8. The fourth-order valence-electron chi connectivity index (χ4n) is 2.98. The molecule has 0 saturated heterocycles. The molecule has 6 nitrogen and oxygen atoms in total. The second-order valence-corrected chi connectivity index (χ2v) is 7.55. The Labute approximate surface area is 144 Å². The Morgan fingerprint density at radius 3 is 2.40 bits per heavy atom. The van der Waals surface area contributed by atoms with E-state index in [1.54, 1.807) is 18.2 Å². The predicted molar refractivity (Wildman–Crippen MR) is 95.5 cm³/mol. The summed E-state index contributed by atoms with van der Waals surface area (Å²) in [4.78, 5) is 13.9. The van der Waals surface area contributed by atoms with E-state index in [2.05, 4.69) is 0 Å². The van der Waals surface area contributed by atoms with E-state index in [0.717, 1.165) is 15.1 Å². The van der Waals surface area contributed by atoms with Gasteiger partial charge in [0, 0.05) is 13.1 Å². The fourth-order valence-corrected chi connectivity index (χ4v) is 4.59. The van der Waals surface area contributed by atoms with Crippen LogP contribution in [0.15, 0.2) is 65.6 Å². The zero-order valence-electron chi connectivity index (χ0n) is 13.2. The van der Waals surface area contributed by atoms with E-state index in [0.29, 0.717) is 0 Å². The molecule has 0 aliphatic carbocycles. The molecule has 1 aliphatic heterocycles. The van der Waals surface area contributed by atoms with Crippen LogP contribution in [0.3, 0.4) is 0 Å². The molecule has 0 atom stereocenters. The number of benzene rings is 3. The number of phenols is 1. The molecule has 0 aromatic heterocycles. The van der Waals surface area contributed by atoms with E-state index < -0.39 is 16.1 Å². The van der Waals surface area contributed by atoms with Crippen molar-refractivity contribution in [2.75, 3.05) is 16.3 Å². The van der Waals surface area contributed by atoms with Gasteiger partial charge < -0.3 is 5.11 Å². The monoisotopic (exact) mass is 354 g/mol. The quantitative estimate of drug-likeness (QED) is 0.727. The standard InChI is InChI=1S/C18H14N2O4S/c1-19-16-11-15(21)8-9-17(16)25(23,24)20(18(19)22)14-7-6-12-4-2-3-5-13(12)10-14/h2-11,21H,1H3. The highest BCUT2D eigenvalue weighted by Gasteiger charge is 2.41. The van der Waals surface area contributed by atoms with Crippen molar-refractivity contribution in [2.45, 2.75) is 4.90 Å². The predicted octanol–water partition coefficient (Wildman–Crippen LogP) is 3.31. The van der Waals surface area contributed by atoms with Crippen molar-refractivity contribution in [3.8, 4) is 5.75 Å². The minimum atomic E-state index is -4.07. The van der Waals surface area contributed by atoms with E-state index in [1.165, 1.54) is 30.1 Å². The first-order chi connectivity index (χ1) is 11.9. The number of aromatic hydroxyl groups is 1. The molecule has 0 saturated carbocycles. The summed E-state index contributed by atoms with van der Waals surface area (Å²) in [6.45, 7) is 0. The maximum atomic E-state index is 13.0. The van der Waals surface area contributed by atoms with Crippen LogP contribution in [0.1, 0.15) is 0 Å². The van der Waals surface area contributed by atoms with Crippen molar-refractivity contribution < 1.29 is 18.3 Å². The topological polar surface area (TPSA) is 77.9 Å². The van der Waals surface area contributed by atoms with Crippen molar-refractivity contribution in [1.29, 1.82) is 0 Å². The zero-order valence-corrected chi connectivity index (χ0v) is 14.1. The molecule has 3 aromatic rings. The lowest BCUT2D eigenvalue weighted by molar-refractivity contribution is 0.255. The molecular formula is C18H14N2O4S. The third kappa shape index (κ3) is 2.24. The Hall–Kier alpha value is -3.06. The number of rotatable bonds is 1. The van der Waals surface area contributed by atoms with Gasteiger partial charge in [0.25, 0.3) is 10.0 Å². The van der Waals surface area contributed by atoms with Crippen molar-refractivity contribution in [3.05, 3.63) is 60.7 Å². The van der Waals surface area contributed by atoms with Gasteiger partial charge in [-0.2, -0.15) is 4.31 Å². The van der Waals surface area contributed by atoms with E-state index >= 15 is 0 Å². The molecule has 0 bridgehead atoms. The van der Waals surface area contributed by atoms with E-state index in [9.17, 15) is 18.3 Å². The van der Waals surface area contributed by atoms with Gasteiger partial charge in [0.1, 0.15) is 10.6 Å². The number of urea groups is 1. The van der Waals surface area contributed by atoms with E-state index in [-0.39, 0.29) is 22.0 Å². The molecule has 1 heterocycles. The minimum absolute atomic E-state index is 0.0273. The van der Waals surface area contributed by atoms with Gasteiger partial charge in [0.15, 0.2) is 0 Å². The molecule has 1 N–H and O–H groups in total. The number of hydrogen-bond donors (Lipinski definition) is 1. The highest BCUT2D eigenvalue weighted by molar-refractivity contribution is 7.94. The van der Waals surface area contributed by atoms with Crippen LogP contribution in [-0.4, -0.2) is 26.6 Å². The number of sulfonamides is 1. The molecule has 4 rings (SSSR count). The number of carbonyl (C=O) groups excluding carboxylic acids is 1. The van der Waals surface area contributed by atoms with Crippen LogP contribution in [0.4, 0.5) is 16.2 Å². The second kappa shape index (κ2) is 5.22. The van der Waals surface area contributed by atoms with Crippen molar-refractivity contribution in [3.63, 3.8) is 0 Å². The molecule has 2 amide bonds. The Morgan fingerprint density at radius 1 is 0.920 bits per heavy atom. The average Bonchev–Trinajstić information content (AvgIpc) is 2.59.